The summed E-state index contributed by atoms with van der Waals surface area (Å²) in [5.41, 5.74) is 1.66. The van der Waals surface area contributed by atoms with Gasteiger partial charge in [0.15, 0.2) is 0 Å². The lowest BCUT2D eigenvalue weighted by Crippen LogP contribution is -2.59. The van der Waals surface area contributed by atoms with Gasteiger partial charge in [-0.25, -0.2) is 8.42 Å². The average molecular weight is 469 g/mol. The van der Waals surface area contributed by atoms with Crippen LogP contribution < -0.4 is 4.90 Å². The van der Waals surface area contributed by atoms with Gasteiger partial charge in [-0.3, -0.25) is 9.78 Å². The van der Waals surface area contributed by atoms with E-state index in [2.05, 4.69) is 20.0 Å². The van der Waals surface area contributed by atoms with E-state index in [1.165, 1.54) is 10.4 Å². The Labute approximate surface area is 191 Å². The van der Waals surface area contributed by atoms with Gasteiger partial charge in [0.05, 0.1) is 10.8 Å². The van der Waals surface area contributed by atoms with Crippen LogP contribution in [0.15, 0.2) is 58.2 Å². The van der Waals surface area contributed by atoms with Gasteiger partial charge in [-0.15, -0.1) is 0 Å². The third-order valence-corrected chi connectivity index (χ3v) is 7.90. The largest absolute Gasteiger partial charge is 0.368 e. The van der Waals surface area contributed by atoms with E-state index in [1.54, 1.807) is 37.5 Å². The molecular weight excluding hydrogens is 444 g/mol. The van der Waals surface area contributed by atoms with E-state index in [-0.39, 0.29) is 29.8 Å². The minimum Gasteiger partial charge on any atom is -0.368 e. The topological polar surface area (TPSA) is 113 Å². The van der Waals surface area contributed by atoms with Gasteiger partial charge in [0.25, 0.3) is 0 Å². The Morgan fingerprint density at radius 2 is 1.79 bits per heavy atom. The highest BCUT2D eigenvalue weighted by Crippen LogP contribution is 2.29. The Hall–Kier alpha value is -3.31. The summed E-state index contributed by atoms with van der Waals surface area (Å²) in [4.78, 5) is 25.3. The smallest absolute Gasteiger partial charge is 0.243 e. The summed E-state index contributed by atoms with van der Waals surface area (Å²) in [5.74, 6) is 0.457. The SMILES string of the molecule is Cc1nc(-c2cccc(S(=O)(=O)N3CC(C(=O)N4CCN(c5ccncc5)CC4)C3)c2)no1. The number of pyridine rings is 1. The number of aryl methyl sites for hydroxylation is 1. The molecule has 0 spiro atoms. The van der Waals surface area contributed by atoms with E-state index < -0.39 is 10.0 Å². The molecule has 0 unspecified atom stereocenters. The molecule has 2 aromatic heterocycles. The highest BCUT2D eigenvalue weighted by Gasteiger charge is 2.42. The number of amides is 1. The quantitative estimate of drug-likeness (QED) is 0.552. The lowest BCUT2D eigenvalue weighted by atomic mass is 10.0. The Morgan fingerprint density at radius 3 is 2.45 bits per heavy atom. The molecule has 0 bridgehead atoms. The zero-order chi connectivity index (χ0) is 23.0. The van der Waals surface area contributed by atoms with Gasteiger partial charge in [0, 0.05) is 69.8 Å². The number of carbonyl (C=O) groups excluding carboxylic acids is 1. The van der Waals surface area contributed by atoms with Crippen molar-refractivity contribution < 1.29 is 17.7 Å². The number of piperazine rings is 1. The van der Waals surface area contributed by atoms with Gasteiger partial charge in [-0.2, -0.15) is 9.29 Å². The number of rotatable bonds is 5. The van der Waals surface area contributed by atoms with E-state index in [4.69, 9.17) is 4.52 Å². The van der Waals surface area contributed by atoms with Gasteiger partial charge in [0.2, 0.25) is 27.6 Å². The average Bonchev–Trinajstić information content (AvgIpc) is 3.25. The Morgan fingerprint density at radius 1 is 1.06 bits per heavy atom. The summed E-state index contributed by atoms with van der Waals surface area (Å²) in [5, 5.41) is 3.85. The fraction of sp³-hybridized carbons (Fsp3) is 0.364. The second-order valence-corrected chi connectivity index (χ2v) is 10.1. The van der Waals surface area contributed by atoms with E-state index >= 15 is 0 Å². The van der Waals surface area contributed by atoms with Crippen molar-refractivity contribution in [1.82, 2.24) is 24.3 Å². The molecule has 4 heterocycles. The first kappa shape index (κ1) is 21.5. The molecule has 33 heavy (non-hydrogen) atoms. The Kier molecular flexibility index (Phi) is 5.59. The minimum atomic E-state index is -3.71. The first-order valence-corrected chi connectivity index (χ1v) is 12.2. The van der Waals surface area contributed by atoms with E-state index in [0.29, 0.717) is 30.4 Å². The highest BCUT2D eigenvalue weighted by molar-refractivity contribution is 7.89. The van der Waals surface area contributed by atoms with Crippen molar-refractivity contribution in [3.05, 3.63) is 54.7 Å². The second-order valence-electron chi connectivity index (χ2n) is 8.20. The molecule has 1 aromatic carbocycles. The zero-order valence-corrected chi connectivity index (χ0v) is 19.0. The molecule has 0 saturated carbocycles. The molecule has 0 radical (unpaired) electrons. The third kappa shape index (κ3) is 4.21. The summed E-state index contributed by atoms with van der Waals surface area (Å²) in [7, 11) is -3.71. The Balaban J connectivity index is 1.19. The number of benzene rings is 1. The zero-order valence-electron chi connectivity index (χ0n) is 18.2. The first-order valence-electron chi connectivity index (χ1n) is 10.8. The van der Waals surface area contributed by atoms with Crippen molar-refractivity contribution in [2.45, 2.75) is 11.8 Å². The van der Waals surface area contributed by atoms with Gasteiger partial charge in [0.1, 0.15) is 0 Å². The molecule has 11 heteroatoms. The predicted octanol–water partition coefficient (Wildman–Crippen LogP) is 1.41. The molecule has 1 amide bonds. The first-order chi connectivity index (χ1) is 15.9. The molecule has 0 aliphatic carbocycles. The predicted molar refractivity (Wildman–Crippen MR) is 120 cm³/mol. The minimum absolute atomic E-state index is 0.0202. The van der Waals surface area contributed by atoms with E-state index in [9.17, 15) is 13.2 Å². The molecule has 10 nitrogen and oxygen atoms in total. The standard InChI is InChI=1S/C22H24N6O4S/c1-16-24-21(25-32-16)17-3-2-4-20(13-17)33(30,31)28-14-18(15-28)22(29)27-11-9-26(10-12-27)19-5-7-23-8-6-19/h2-8,13,18H,9-12,14-15H2,1H3. The fourth-order valence-corrected chi connectivity index (χ4v) is 5.73. The van der Waals surface area contributed by atoms with Crippen LogP contribution in [0, 0.1) is 12.8 Å². The van der Waals surface area contributed by atoms with Gasteiger partial charge < -0.3 is 14.3 Å². The van der Waals surface area contributed by atoms with Crippen molar-refractivity contribution in [1.29, 1.82) is 0 Å². The summed E-state index contributed by atoms with van der Waals surface area (Å²) >= 11 is 0. The van der Waals surface area contributed by atoms with Crippen LogP contribution in [0.5, 0.6) is 0 Å². The molecule has 2 saturated heterocycles. The van der Waals surface area contributed by atoms with Gasteiger partial charge in [-0.05, 0) is 24.3 Å². The van der Waals surface area contributed by atoms with Crippen LogP contribution in [0.2, 0.25) is 0 Å². The van der Waals surface area contributed by atoms with Gasteiger partial charge >= 0.3 is 0 Å². The molecule has 0 N–H and O–H groups in total. The van der Waals surface area contributed by atoms with Crippen LogP contribution in [-0.4, -0.2) is 77.9 Å². The molecule has 0 atom stereocenters. The van der Waals surface area contributed by atoms with Crippen molar-refractivity contribution >= 4 is 21.6 Å². The number of anilines is 1. The van der Waals surface area contributed by atoms with E-state index in [1.807, 2.05) is 17.0 Å². The van der Waals surface area contributed by atoms with Crippen molar-refractivity contribution in [3.63, 3.8) is 0 Å². The third-order valence-electron chi connectivity index (χ3n) is 6.07. The number of hydrogen-bond donors (Lipinski definition) is 0. The summed E-state index contributed by atoms with van der Waals surface area (Å²) < 4.78 is 32.5. The number of hydrogen-bond acceptors (Lipinski definition) is 8. The van der Waals surface area contributed by atoms with Crippen LogP contribution in [0.3, 0.4) is 0 Å². The van der Waals surface area contributed by atoms with Crippen molar-refractivity contribution in [2.75, 3.05) is 44.2 Å². The maximum atomic E-state index is 13.1. The van der Waals surface area contributed by atoms with Crippen LogP contribution in [0.25, 0.3) is 11.4 Å². The highest BCUT2D eigenvalue weighted by atomic mass is 32.2. The van der Waals surface area contributed by atoms with E-state index in [0.717, 1.165) is 18.8 Å². The summed E-state index contributed by atoms with van der Waals surface area (Å²) in [6, 6.07) is 10.4. The molecular formula is C22H24N6O4S. The van der Waals surface area contributed by atoms with Gasteiger partial charge in [-0.1, -0.05) is 17.3 Å². The maximum absolute atomic E-state index is 13.1. The molecule has 3 aromatic rings. The lowest BCUT2D eigenvalue weighted by Gasteiger charge is -2.42. The van der Waals surface area contributed by atoms with Crippen LogP contribution >= 0.6 is 0 Å². The monoisotopic (exact) mass is 468 g/mol. The molecule has 5 rings (SSSR count). The van der Waals surface area contributed by atoms with Crippen LogP contribution in [0.1, 0.15) is 5.89 Å². The number of aromatic nitrogens is 3. The van der Waals surface area contributed by atoms with Crippen molar-refractivity contribution in [2.24, 2.45) is 5.92 Å². The second kappa shape index (κ2) is 8.56. The van der Waals surface area contributed by atoms with Crippen molar-refractivity contribution in [3.8, 4) is 11.4 Å². The molecule has 172 valence electrons. The number of sulfonamides is 1. The lowest BCUT2D eigenvalue weighted by molar-refractivity contribution is -0.139. The normalized spacial score (nSPS) is 17.7. The molecule has 2 aliphatic rings. The summed E-state index contributed by atoms with van der Waals surface area (Å²) in [6.07, 6.45) is 3.52. The molecule has 2 aliphatic heterocycles. The number of nitrogens with zero attached hydrogens (tertiary/aromatic N) is 6. The number of carbonyl (C=O) groups is 1. The van der Waals surface area contributed by atoms with Crippen LogP contribution in [-0.2, 0) is 14.8 Å². The van der Waals surface area contributed by atoms with Crippen LogP contribution in [0.4, 0.5) is 5.69 Å². The maximum Gasteiger partial charge on any atom is 0.243 e. The Bertz CT molecular complexity index is 1250. The fourth-order valence-electron chi connectivity index (χ4n) is 4.15. The summed E-state index contributed by atoms with van der Waals surface area (Å²) in [6.45, 7) is 4.79. The molecule has 2 fully saturated rings.